The highest BCUT2D eigenvalue weighted by atomic mass is 16.3. The third-order valence-corrected chi connectivity index (χ3v) is 2.34. The molecule has 1 rings (SSSR count). The number of hydrogen-bond acceptors (Lipinski definition) is 3. The third-order valence-electron chi connectivity index (χ3n) is 2.34. The maximum atomic E-state index is 9.73. The second-order valence-corrected chi connectivity index (χ2v) is 4.24. The first-order valence-corrected chi connectivity index (χ1v) is 4.81. The van der Waals surface area contributed by atoms with Gasteiger partial charge < -0.3 is 10.4 Å². The Balaban J connectivity index is 2.70. The van der Waals surface area contributed by atoms with E-state index in [4.69, 9.17) is 0 Å². The van der Waals surface area contributed by atoms with Gasteiger partial charge in [0.1, 0.15) is 5.82 Å². The molecule has 1 atom stereocenters. The molecule has 0 saturated carbocycles. The zero-order valence-electron chi connectivity index (χ0n) is 9.20. The van der Waals surface area contributed by atoms with Gasteiger partial charge in [0.25, 0.3) is 0 Å². The molecule has 1 unspecified atom stereocenters. The first-order chi connectivity index (χ1) is 6.39. The van der Waals surface area contributed by atoms with E-state index in [0.29, 0.717) is 0 Å². The van der Waals surface area contributed by atoms with Gasteiger partial charge in [-0.3, -0.25) is 0 Å². The van der Waals surface area contributed by atoms with E-state index < -0.39 is 5.60 Å². The van der Waals surface area contributed by atoms with Crippen LogP contribution in [0, 0.1) is 6.92 Å². The monoisotopic (exact) mass is 194 g/mol. The minimum atomic E-state index is -0.745. The van der Waals surface area contributed by atoms with Gasteiger partial charge in [-0.25, -0.2) is 4.98 Å². The summed E-state index contributed by atoms with van der Waals surface area (Å²) in [6, 6.07) is 3.87. The molecule has 0 radical (unpaired) electrons. The Kier molecular flexibility index (Phi) is 3.11. The van der Waals surface area contributed by atoms with Gasteiger partial charge in [-0.1, -0.05) is 0 Å². The Bertz CT molecular complexity index is 304. The van der Waals surface area contributed by atoms with Gasteiger partial charge in [0.2, 0.25) is 0 Å². The van der Waals surface area contributed by atoms with Crippen LogP contribution in [0.3, 0.4) is 0 Å². The number of aryl methyl sites for hydroxylation is 1. The summed E-state index contributed by atoms with van der Waals surface area (Å²) in [7, 11) is 0. The zero-order valence-corrected chi connectivity index (χ0v) is 9.20. The minimum absolute atomic E-state index is 0.0307. The fraction of sp³-hybridized carbons (Fsp3) is 0.545. The fourth-order valence-electron chi connectivity index (χ4n) is 1.01. The standard InChI is InChI=1S/C11H18N2O/c1-8-5-6-12-10(7-8)13-9(2)11(3,4)14/h5-7,9,14H,1-4H3,(H,12,13). The molecule has 0 aliphatic heterocycles. The Morgan fingerprint density at radius 3 is 2.64 bits per heavy atom. The van der Waals surface area contributed by atoms with Crippen molar-refractivity contribution in [2.45, 2.75) is 39.3 Å². The van der Waals surface area contributed by atoms with Crippen molar-refractivity contribution in [1.82, 2.24) is 4.98 Å². The number of aromatic nitrogens is 1. The van der Waals surface area contributed by atoms with E-state index in [1.54, 1.807) is 20.0 Å². The van der Waals surface area contributed by atoms with Crippen molar-refractivity contribution < 1.29 is 5.11 Å². The molecule has 1 heterocycles. The van der Waals surface area contributed by atoms with Gasteiger partial charge >= 0.3 is 0 Å². The summed E-state index contributed by atoms with van der Waals surface area (Å²) >= 11 is 0. The lowest BCUT2D eigenvalue weighted by molar-refractivity contribution is 0.0648. The van der Waals surface area contributed by atoms with Crippen molar-refractivity contribution in [2.75, 3.05) is 5.32 Å². The SMILES string of the molecule is Cc1ccnc(NC(C)C(C)(C)O)c1. The summed E-state index contributed by atoms with van der Waals surface area (Å²) in [6.07, 6.45) is 1.76. The van der Waals surface area contributed by atoms with Crippen LogP contribution in [0.15, 0.2) is 18.3 Å². The minimum Gasteiger partial charge on any atom is -0.388 e. The topological polar surface area (TPSA) is 45.2 Å². The summed E-state index contributed by atoms with van der Waals surface area (Å²) in [5.41, 5.74) is 0.413. The van der Waals surface area contributed by atoms with E-state index >= 15 is 0 Å². The summed E-state index contributed by atoms with van der Waals surface area (Å²) in [6.45, 7) is 7.51. The predicted octanol–water partition coefficient (Wildman–Crippen LogP) is 1.96. The smallest absolute Gasteiger partial charge is 0.126 e. The molecule has 0 amide bonds. The van der Waals surface area contributed by atoms with Crippen LogP contribution in [0.2, 0.25) is 0 Å². The predicted molar refractivity (Wildman–Crippen MR) is 58.4 cm³/mol. The molecule has 0 bridgehead atoms. The summed E-state index contributed by atoms with van der Waals surface area (Å²) < 4.78 is 0. The van der Waals surface area contributed by atoms with Gasteiger partial charge in [-0.15, -0.1) is 0 Å². The van der Waals surface area contributed by atoms with Crippen molar-refractivity contribution in [2.24, 2.45) is 0 Å². The molecule has 0 aromatic carbocycles. The molecule has 0 fully saturated rings. The van der Waals surface area contributed by atoms with Crippen LogP contribution in [0.1, 0.15) is 26.3 Å². The maximum absolute atomic E-state index is 9.73. The first-order valence-electron chi connectivity index (χ1n) is 4.81. The highest BCUT2D eigenvalue weighted by molar-refractivity contribution is 5.38. The summed E-state index contributed by atoms with van der Waals surface area (Å²) in [5, 5.41) is 12.9. The van der Waals surface area contributed by atoms with E-state index in [2.05, 4.69) is 10.3 Å². The lowest BCUT2D eigenvalue weighted by atomic mass is 10.0. The summed E-state index contributed by atoms with van der Waals surface area (Å²) in [4.78, 5) is 4.17. The molecule has 1 aromatic rings. The second kappa shape index (κ2) is 3.96. The number of hydrogen-bond donors (Lipinski definition) is 2. The van der Waals surface area contributed by atoms with Crippen molar-refractivity contribution in [3.8, 4) is 0 Å². The van der Waals surface area contributed by atoms with Gasteiger partial charge in [0.05, 0.1) is 11.6 Å². The van der Waals surface area contributed by atoms with E-state index in [9.17, 15) is 5.11 Å². The molecule has 2 N–H and O–H groups in total. The molecule has 1 aromatic heterocycles. The Labute approximate surface area is 85.2 Å². The second-order valence-electron chi connectivity index (χ2n) is 4.24. The van der Waals surface area contributed by atoms with Crippen molar-refractivity contribution >= 4 is 5.82 Å². The summed E-state index contributed by atoms with van der Waals surface area (Å²) in [5.74, 6) is 0.805. The lowest BCUT2D eigenvalue weighted by Crippen LogP contribution is -2.39. The molecule has 0 spiro atoms. The molecule has 0 aliphatic carbocycles. The molecule has 0 aliphatic rings. The zero-order chi connectivity index (χ0) is 10.8. The van der Waals surface area contributed by atoms with E-state index in [-0.39, 0.29) is 6.04 Å². The van der Waals surface area contributed by atoms with Crippen LogP contribution in [0.5, 0.6) is 0 Å². The van der Waals surface area contributed by atoms with Crippen LogP contribution in [0.4, 0.5) is 5.82 Å². The molecular formula is C11H18N2O. The molecule has 78 valence electrons. The fourth-order valence-corrected chi connectivity index (χ4v) is 1.01. The number of anilines is 1. The first kappa shape index (κ1) is 11.0. The van der Waals surface area contributed by atoms with Gasteiger partial charge in [-0.2, -0.15) is 0 Å². The molecule has 3 nitrogen and oxygen atoms in total. The van der Waals surface area contributed by atoms with Gasteiger partial charge in [0.15, 0.2) is 0 Å². The maximum Gasteiger partial charge on any atom is 0.126 e. The van der Waals surface area contributed by atoms with Crippen LogP contribution >= 0.6 is 0 Å². The Morgan fingerprint density at radius 2 is 2.14 bits per heavy atom. The highest BCUT2D eigenvalue weighted by Crippen LogP contribution is 2.14. The quantitative estimate of drug-likeness (QED) is 0.773. The molecule has 0 saturated heterocycles. The number of aliphatic hydroxyl groups is 1. The average Bonchev–Trinajstić information content (AvgIpc) is 2.02. The number of nitrogens with zero attached hydrogens (tertiary/aromatic N) is 1. The van der Waals surface area contributed by atoms with E-state index in [0.717, 1.165) is 11.4 Å². The lowest BCUT2D eigenvalue weighted by Gasteiger charge is -2.27. The van der Waals surface area contributed by atoms with Gasteiger partial charge in [-0.05, 0) is 45.4 Å². The number of pyridine rings is 1. The normalized spacial score (nSPS) is 13.8. The molecule has 3 heteroatoms. The molecule has 14 heavy (non-hydrogen) atoms. The van der Waals surface area contributed by atoms with Crippen LogP contribution in [0.25, 0.3) is 0 Å². The Morgan fingerprint density at radius 1 is 1.50 bits per heavy atom. The van der Waals surface area contributed by atoms with Crippen molar-refractivity contribution in [3.05, 3.63) is 23.9 Å². The Hall–Kier alpha value is -1.09. The number of rotatable bonds is 3. The van der Waals surface area contributed by atoms with Crippen molar-refractivity contribution in [1.29, 1.82) is 0 Å². The van der Waals surface area contributed by atoms with E-state index in [1.165, 1.54) is 0 Å². The molecular weight excluding hydrogens is 176 g/mol. The average molecular weight is 194 g/mol. The van der Waals surface area contributed by atoms with Gasteiger partial charge in [0, 0.05) is 6.20 Å². The largest absolute Gasteiger partial charge is 0.388 e. The van der Waals surface area contributed by atoms with Crippen LogP contribution in [-0.2, 0) is 0 Å². The highest BCUT2D eigenvalue weighted by Gasteiger charge is 2.22. The van der Waals surface area contributed by atoms with E-state index in [1.807, 2.05) is 26.0 Å². The van der Waals surface area contributed by atoms with Crippen molar-refractivity contribution in [3.63, 3.8) is 0 Å². The van der Waals surface area contributed by atoms with Crippen LogP contribution < -0.4 is 5.32 Å². The number of nitrogens with one attached hydrogen (secondary N) is 1. The third kappa shape index (κ3) is 3.00. The van der Waals surface area contributed by atoms with Crippen LogP contribution in [-0.4, -0.2) is 21.7 Å².